The maximum atomic E-state index is 12.8. The number of aromatic nitrogens is 1. The SMILES string of the molecule is CCNC(=O)c1cn(CC)c2ccc(C(F)(F)F)cc2c1=O. The van der Waals surface area contributed by atoms with E-state index in [1.807, 2.05) is 0 Å². The van der Waals surface area contributed by atoms with Gasteiger partial charge in [0.2, 0.25) is 5.43 Å². The molecule has 1 heterocycles. The maximum Gasteiger partial charge on any atom is 0.416 e. The number of aryl methyl sites for hydroxylation is 1. The molecule has 4 nitrogen and oxygen atoms in total. The highest BCUT2D eigenvalue weighted by Crippen LogP contribution is 2.30. The number of halogens is 3. The fraction of sp³-hybridized carbons (Fsp3) is 0.333. The second-order valence-electron chi connectivity index (χ2n) is 4.75. The minimum absolute atomic E-state index is 0.111. The zero-order valence-electron chi connectivity index (χ0n) is 12.1. The number of benzene rings is 1. The molecule has 2 aromatic rings. The Morgan fingerprint density at radius 3 is 2.50 bits per heavy atom. The normalized spacial score (nSPS) is 11.7. The molecule has 1 aromatic carbocycles. The highest BCUT2D eigenvalue weighted by molar-refractivity contribution is 5.97. The van der Waals surface area contributed by atoms with Gasteiger partial charge in [-0.3, -0.25) is 9.59 Å². The predicted molar refractivity (Wildman–Crippen MR) is 76.9 cm³/mol. The van der Waals surface area contributed by atoms with E-state index in [1.165, 1.54) is 12.3 Å². The van der Waals surface area contributed by atoms with Crippen molar-refractivity contribution >= 4 is 16.8 Å². The maximum absolute atomic E-state index is 12.8. The summed E-state index contributed by atoms with van der Waals surface area (Å²) < 4.78 is 40.0. The van der Waals surface area contributed by atoms with Gasteiger partial charge in [0.25, 0.3) is 5.91 Å². The molecule has 0 spiro atoms. The van der Waals surface area contributed by atoms with Crippen molar-refractivity contribution in [3.05, 3.63) is 45.7 Å². The van der Waals surface area contributed by atoms with E-state index >= 15 is 0 Å². The molecule has 0 unspecified atom stereocenters. The third-order valence-corrected chi connectivity index (χ3v) is 3.33. The number of carbonyl (C=O) groups is 1. The lowest BCUT2D eigenvalue weighted by atomic mass is 10.1. The summed E-state index contributed by atoms with van der Waals surface area (Å²) in [7, 11) is 0. The summed E-state index contributed by atoms with van der Waals surface area (Å²) >= 11 is 0. The Hall–Kier alpha value is -2.31. The second-order valence-corrected chi connectivity index (χ2v) is 4.75. The summed E-state index contributed by atoms with van der Waals surface area (Å²) in [4.78, 5) is 24.3. The number of nitrogens with zero attached hydrogens (tertiary/aromatic N) is 1. The number of amides is 1. The Morgan fingerprint density at radius 1 is 1.27 bits per heavy atom. The standard InChI is InChI=1S/C15H15F3N2O2/c1-3-19-14(22)11-8-20(4-2)12-6-5-9(15(16,17)18)7-10(12)13(11)21/h5-8H,3-4H2,1-2H3,(H,19,22). The lowest BCUT2D eigenvalue weighted by Gasteiger charge is -2.13. The summed E-state index contributed by atoms with van der Waals surface area (Å²) in [6.45, 7) is 4.22. The Balaban J connectivity index is 2.78. The number of hydrogen-bond acceptors (Lipinski definition) is 2. The lowest BCUT2D eigenvalue weighted by molar-refractivity contribution is -0.137. The van der Waals surface area contributed by atoms with Gasteiger partial charge in [-0.05, 0) is 32.0 Å². The first-order valence-corrected chi connectivity index (χ1v) is 6.82. The fourth-order valence-corrected chi connectivity index (χ4v) is 2.25. The van der Waals surface area contributed by atoms with Gasteiger partial charge < -0.3 is 9.88 Å². The molecule has 0 atom stereocenters. The molecule has 0 fully saturated rings. The van der Waals surface area contributed by atoms with Gasteiger partial charge >= 0.3 is 6.18 Å². The van der Waals surface area contributed by atoms with Crippen LogP contribution in [0.2, 0.25) is 0 Å². The van der Waals surface area contributed by atoms with Gasteiger partial charge in [-0.2, -0.15) is 13.2 Å². The van der Waals surface area contributed by atoms with Crippen LogP contribution in [0.4, 0.5) is 13.2 Å². The molecule has 1 amide bonds. The van der Waals surface area contributed by atoms with Crippen molar-refractivity contribution in [1.29, 1.82) is 0 Å². The average molecular weight is 312 g/mol. The van der Waals surface area contributed by atoms with Crippen LogP contribution < -0.4 is 10.7 Å². The highest BCUT2D eigenvalue weighted by Gasteiger charge is 2.31. The molecule has 0 aliphatic heterocycles. The van der Waals surface area contributed by atoms with E-state index in [9.17, 15) is 22.8 Å². The topological polar surface area (TPSA) is 51.1 Å². The monoisotopic (exact) mass is 312 g/mol. The number of carbonyl (C=O) groups excluding carboxylic acids is 1. The molecule has 2 rings (SSSR count). The number of pyridine rings is 1. The summed E-state index contributed by atoms with van der Waals surface area (Å²) in [5, 5.41) is 2.38. The molecule has 0 saturated heterocycles. The fourth-order valence-electron chi connectivity index (χ4n) is 2.25. The van der Waals surface area contributed by atoms with Gasteiger partial charge in [-0.25, -0.2) is 0 Å². The number of fused-ring (bicyclic) bond motifs is 1. The van der Waals surface area contributed by atoms with E-state index in [0.29, 0.717) is 18.6 Å². The van der Waals surface area contributed by atoms with Crippen LogP contribution in [0.5, 0.6) is 0 Å². The van der Waals surface area contributed by atoms with Crippen LogP contribution in [0, 0.1) is 0 Å². The third-order valence-electron chi connectivity index (χ3n) is 3.33. The van der Waals surface area contributed by atoms with Gasteiger partial charge in [0.1, 0.15) is 5.56 Å². The molecule has 1 N–H and O–H groups in total. The van der Waals surface area contributed by atoms with Crippen molar-refractivity contribution < 1.29 is 18.0 Å². The first kappa shape index (κ1) is 16.1. The first-order chi connectivity index (χ1) is 10.3. The average Bonchev–Trinajstić information content (AvgIpc) is 2.46. The molecular weight excluding hydrogens is 297 g/mol. The van der Waals surface area contributed by atoms with Gasteiger partial charge in [0, 0.05) is 24.7 Å². The Morgan fingerprint density at radius 2 is 1.95 bits per heavy atom. The van der Waals surface area contributed by atoms with Gasteiger partial charge in [-0.1, -0.05) is 0 Å². The van der Waals surface area contributed by atoms with E-state index < -0.39 is 23.1 Å². The van der Waals surface area contributed by atoms with Crippen molar-refractivity contribution in [2.45, 2.75) is 26.6 Å². The van der Waals surface area contributed by atoms with E-state index in [2.05, 4.69) is 5.32 Å². The largest absolute Gasteiger partial charge is 0.416 e. The molecule has 0 bridgehead atoms. The van der Waals surface area contributed by atoms with Crippen molar-refractivity contribution in [3.63, 3.8) is 0 Å². The van der Waals surface area contributed by atoms with E-state index in [0.717, 1.165) is 12.1 Å². The van der Waals surface area contributed by atoms with Crippen LogP contribution in [0.3, 0.4) is 0 Å². The second kappa shape index (κ2) is 5.82. The number of nitrogens with one attached hydrogen (secondary N) is 1. The zero-order chi connectivity index (χ0) is 16.5. The summed E-state index contributed by atoms with van der Waals surface area (Å²) in [6.07, 6.45) is -3.16. The minimum atomic E-state index is -4.54. The minimum Gasteiger partial charge on any atom is -0.352 e. The van der Waals surface area contributed by atoms with Crippen LogP contribution in [0.25, 0.3) is 10.9 Å². The molecule has 22 heavy (non-hydrogen) atoms. The van der Waals surface area contributed by atoms with Gasteiger partial charge in [0.05, 0.1) is 11.1 Å². The van der Waals surface area contributed by atoms with Crippen LogP contribution in [0.1, 0.15) is 29.8 Å². The first-order valence-electron chi connectivity index (χ1n) is 6.82. The van der Waals surface area contributed by atoms with E-state index in [4.69, 9.17) is 0 Å². The number of hydrogen-bond donors (Lipinski definition) is 1. The lowest BCUT2D eigenvalue weighted by Crippen LogP contribution is -2.29. The third kappa shape index (κ3) is 2.84. The van der Waals surface area contributed by atoms with Crippen LogP contribution in [-0.4, -0.2) is 17.0 Å². The zero-order valence-corrected chi connectivity index (χ0v) is 12.1. The summed E-state index contributed by atoms with van der Waals surface area (Å²) in [6, 6.07) is 2.98. The number of alkyl halides is 3. The Bertz CT molecular complexity index is 779. The Labute approximate surface area is 124 Å². The van der Waals surface area contributed by atoms with E-state index in [-0.39, 0.29) is 10.9 Å². The molecular formula is C15H15F3N2O2. The summed E-state index contributed by atoms with van der Waals surface area (Å²) in [5.74, 6) is -0.589. The van der Waals surface area contributed by atoms with Crippen molar-refractivity contribution in [3.8, 4) is 0 Å². The molecule has 0 aliphatic rings. The van der Waals surface area contributed by atoms with Crippen molar-refractivity contribution in [2.75, 3.05) is 6.54 Å². The van der Waals surface area contributed by atoms with Crippen molar-refractivity contribution in [2.24, 2.45) is 0 Å². The quantitative estimate of drug-likeness (QED) is 0.947. The van der Waals surface area contributed by atoms with Crippen LogP contribution in [-0.2, 0) is 12.7 Å². The predicted octanol–water partition coefficient (Wildman–Crippen LogP) is 2.79. The molecule has 7 heteroatoms. The summed E-state index contributed by atoms with van der Waals surface area (Å²) in [5.41, 5.74) is -1.39. The van der Waals surface area contributed by atoms with Gasteiger partial charge in [0.15, 0.2) is 0 Å². The van der Waals surface area contributed by atoms with E-state index in [1.54, 1.807) is 18.4 Å². The van der Waals surface area contributed by atoms with Gasteiger partial charge in [-0.15, -0.1) is 0 Å². The van der Waals surface area contributed by atoms with Crippen LogP contribution >= 0.6 is 0 Å². The Kier molecular flexibility index (Phi) is 4.25. The number of rotatable bonds is 3. The molecule has 1 aromatic heterocycles. The molecule has 0 aliphatic carbocycles. The van der Waals surface area contributed by atoms with Crippen LogP contribution in [0.15, 0.2) is 29.2 Å². The smallest absolute Gasteiger partial charge is 0.352 e. The van der Waals surface area contributed by atoms with Crippen molar-refractivity contribution in [1.82, 2.24) is 9.88 Å². The molecule has 118 valence electrons. The molecule has 0 saturated carbocycles. The highest BCUT2D eigenvalue weighted by atomic mass is 19.4. The molecule has 0 radical (unpaired) electrons.